The molecular formula is C22H13ClF7N3O2S. The summed E-state index contributed by atoms with van der Waals surface area (Å²) in [5, 5.41) is -0.00186. The Morgan fingerprint density at radius 1 is 0.972 bits per heavy atom. The Hall–Kier alpha value is -3.00. The second kappa shape index (κ2) is 9.47. The summed E-state index contributed by atoms with van der Waals surface area (Å²) in [5.41, 5.74) is -3.13. The highest BCUT2D eigenvalue weighted by atomic mass is 35.5. The van der Waals surface area contributed by atoms with E-state index in [1.54, 1.807) is 0 Å². The summed E-state index contributed by atoms with van der Waals surface area (Å²) in [4.78, 5) is 6.33. The average molecular weight is 552 g/mol. The maximum Gasteiger partial charge on any atom is 0.418 e. The number of rotatable bonds is 5. The van der Waals surface area contributed by atoms with Gasteiger partial charge < -0.3 is 4.98 Å². The van der Waals surface area contributed by atoms with Gasteiger partial charge in [-0.3, -0.25) is 4.55 Å². The fourth-order valence-electron chi connectivity index (χ4n) is 3.52. The van der Waals surface area contributed by atoms with Gasteiger partial charge in [0.15, 0.2) is 0 Å². The normalized spacial score (nSPS) is 13.4. The number of aromatic nitrogens is 2. The van der Waals surface area contributed by atoms with Gasteiger partial charge in [-0.25, -0.2) is 18.3 Å². The van der Waals surface area contributed by atoms with Crippen molar-refractivity contribution < 1.29 is 39.5 Å². The van der Waals surface area contributed by atoms with E-state index in [1.165, 1.54) is 30.3 Å². The summed E-state index contributed by atoms with van der Waals surface area (Å²) in [6.07, 6.45) is -10.1. The Labute approximate surface area is 205 Å². The van der Waals surface area contributed by atoms with Gasteiger partial charge in [-0.2, -0.15) is 26.3 Å². The zero-order valence-electron chi connectivity index (χ0n) is 17.6. The van der Waals surface area contributed by atoms with Crippen molar-refractivity contribution >= 4 is 33.9 Å². The molecule has 5 nitrogen and oxygen atoms in total. The summed E-state index contributed by atoms with van der Waals surface area (Å²) in [5.74, 6) is -0.848. The van der Waals surface area contributed by atoms with E-state index in [-0.39, 0.29) is 34.6 Å². The van der Waals surface area contributed by atoms with Crippen LogP contribution in [-0.4, -0.2) is 18.7 Å². The smallest absolute Gasteiger partial charge is 0.338 e. The number of benzene rings is 3. The second-order valence-corrected chi connectivity index (χ2v) is 8.77. The lowest BCUT2D eigenvalue weighted by Crippen LogP contribution is -2.16. The highest BCUT2D eigenvalue weighted by molar-refractivity contribution is 7.77. The molecule has 0 amide bonds. The molecule has 0 aliphatic heterocycles. The molecule has 14 heteroatoms. The number of nitrogens with one attached hydrogen (secondary N) is 2. The number of halogens is 8. The van der Waals surface area contributed by atoms with Crippen LogP contribution in [0, 0.1) is 5.82 Å². The van der Waals surface area contributed by atoms with Gasteiger partial charge in [0.2, 0.25) is 11.3 Å². The molecular weight excluding hydrogens is 539 g/mol. The van der Waals surface area contributed by atoms with Crippen molar-refractivity contribution in [1.29, 1.82) is 0 Å². The van der Waals surface area contributed by atoms with Gasteiger partial charge in [0.05, 0.1) is 21.7 Å². The number of aromatic amines is 1. The zero-order valence-corrected chi connectivity index (χ0v) is 19.1. The quantitative estimate of drug-likeness (QED) is 0.185. The molecule has 3 aromatic carbocycles. The van der Waals surface area contributed by atoms with E-state index < -0.39 is 51.6 Å². The van der Waals surface area contributed by atoms with Crippen molar-refractivity contribution in [1.82, 2.24) is 14.7 Å². The zero-order chi connectivity index (χ0) is 26.4. The molecule has 1 atom stereocenters. The molecule has 4 rings (SSSR count). The van der Waals surface area contributed by atoms with Crippen LogP contribution in [0.25, 0.3) is 33.5 Å². The van der Waals surface area contributed by atoms with E-state index in [1.807, 2.05) is 0 Å². The molecule has 0 saturated heterocycles. The highest BCUT2D eigenvalue weighted by Crippen LogP contribution is 2.41. The molecule has 0 fully saturated rings. The van der Waals surface area contributed by atoms with Crippen molar-refractivity contribution in [2.75, 3.05) is 0 Å². The van der Waals surface area contributed by atoms with Crippen molar-refractivity contribution in [3.05, 3.63) is 76.1 Å². The van der Waals surface area contributed by atoms with Crippen LogP contribution in [-0.2, 0) is 30.2 Å². The lowest BCUT2D eigenvalue weighted by molar-refractivity contribution is -0.142. The van der Waals surface area contributed by atoms with Gasteiger partial charge in [0, 0.05) is 17.7 Å². The van der Waals surface area contributed by atoms with Gasteiger partial charge in [0.1, 0.15) is 17.2 Å². The third-order valence-electron chi connectivity index (χ3n) is 5.22. The third kappa shape index (κ3) is 5.38. The minimum Gasteiger partial charge on any atom is -0.338 e. The molecule has 0 aliphatic carbocycles. The molecule has 3 N–H and O–H groups in total. The average Bonchev–Trinajstić information content (AvgIpc) is 3.19. The molecule has 0 bridgehead atoms. The van der Waals surface area contributed by atoms with Crippen LogP contribution < -0.4 is 4.72 Å². The molecule has 1 aromatic heterocycles. The van der Waals surface area contributed by atoms with Crippen LogP contribution in [0.2, 0.25) is 5.02 Å². The first-order chi connectivity index (χ1) is 16.7. The van der Waals surface area contributed by atoms with E-state index in [0.717, 1.165) is 6.07 Å². The second-order valence-electron chi connectivity index (χ2n) is 7.57. The Balaban J connectivity index is 1.73. The van der Waals surface area contributed by atoms with Gasteiger partial charge >= 0.3 is 12.4 Å². The van der Waals surface area contributed by atoms with Crippen molar-refractivity contribution in [3.63, 3.8) is 0 Å². The predicted octanol–water partition coefficient (Wildman–Crippen LogP) is 6.95. The van der Waals surface area contributed by atoms with Gasteiger partial charge in [-0.15, -0.1) is 0 Å². The first kappa shape index (κ1) is 26.1. The van der Waals surface area contributed by atoms with Gasteiger partial charge in [-0.1, -0.05) is 29.8 Å². The minimum absolute atomic E-state index is 0.00186. The fraction of sp³-hybridized carbons (Fsp3) is 0.136. The van der Waals surface area contributed by atoms with Crippen LogP contribution in [0.4, 0.5) is 30.7 Å². The topological polar surface area (TPSA) is 78.0 Å². The number of imidazole rings is 1. The van der Waals surface area contributed by atoms with Crippen molar-refractivity contribution in [3.8, 4) is 22.5 Å². The predicted molar refractivity (Wildman–Crippen MR) is 120 cm³/mol. The van der Waals surface area contributed by atoms with E-state index >= 15 is 0 Å². The molecule has 0 radical (unpaired) electrons. The SMILES string of the molecule is O=S(O)NCc1ccc(-c2ccc(-c3nc4c(C(F)(F)F)cc(C(F)(F)F)cc4[nH]3)c(Cl)c2)cc1F. The summed E-state index contributed by atoms with van der Waals surface area (Å²) >= 11 is 3.98. The molecule has 0 saturated carbocycles. The maximum atomic E-state index is 14.4. The summed E-state index contributed by atoms with van der Waals surface area (Å²) < 4.78 is 116. The molecule has 0 aliphatic rings. The van der Waals surface area contributed by atoms with E-state index in [0.29, 0.717) is 17.2 Å². The molecule has 190 valence electrons. The van der Waals surface area contributed by atoms with Crippen LogP contribution in [0.1, 0.15) is 16.7 Å². The van der Waals surface area contributed by atoms with Crippen LogP contribution >= 0.6 is 11.6 Å². The van der Waals surface area contributed by atoms with Crippen molar-refractivity contribution in [2.24, 2.45) is 0 Å². The van der Waals surface area contributed by atoms with Crippen LogP contribution in [0.3, 0.4) is 0 Å². The third-order valence-corrected chi connectivity index (χ3v) is 5.92. The Bertz CT molecular complexity index is 1490. The van der Waals surface area contributed by atoms with Crippen LogP contribution in [0.5, 0.6) is 0 Å². The number of hydrogen-bond donors (Lipinski definition) is 3. The number of nitrogens with zero attached hydrogens (tertiary/aromatic N) is 1. The van der Waals surface area contributed by atoms with Crippen LogP contribution in [0.15, 0.2) is 48.5 Å². The van der Waals surface area contributed by atoms with Gasteiger partial charge in [0.25, 0.3) is 0 Å². The standard InChI is InChI=1S/C22H13ClF7N3O2S/c23-16-5-10(11-1-2-12(17(24)6-11)9-31-36(34)35)3-4-14(16)20-32-18-8-13(21(25,26)27)7-15(19(18)33-20)22(28,29)30/h1-8,31H,9H2,(H,32,33)(H,34,35). The first-order valence-electron chi connectivity index (χ1n) is 9.85. The number of hydrogen-bond acceptors (Lipinski definition) is 2. The summed E-state index contributed by atoms with van der Waals surface area (Å²) in [6, 6.07) is 8.89. The first-order valence-corrected chi connectivity index (χ1v) is 11.3. The lowest BCUT2D eigenvalue weighted by Gasteiger charge is -2.11. The van der Waals surface area contributed by atoms with E-state index in [9.17, 15) is 34.9 Å². The fourth-order valence-corrected chi connectivity index (χ4v) is 4.07. The van der Waals surface area contributed by atoms with E-state index in [2.05, 4.69) is 14.7 Å². The maximum absolute atomic E-state index is 14.4. The number of H-pyrrole nitrogens is 1. The summed E-state index contributed by atoms with van der Waals surface area (Å²) in [6.45, 7) is -0.197. The highest BCUT2D eigenvalue weighted by Gasteiger charge is 2.39. The number of alkyl halides is 6. The number of fused-ring (bicyclic) bond motifs is 1. The molecule has 1 unspecified atom stereocenters. The molecule has 36 heavy (non-hydrogen) atoms. The minimum atomic E-state index is -5.09. The largest absolute Gasteiger partial charge is 0.418 e. The lowest BCUT2D eigenvalue weighted by atomic mass is 10.0. The monoisotopic (exact) mass is 551 g/mol. The Kier molecular flexibility index (Phi) is 6.86. The molecule has 4 aromatic rings. The van der Waals surface area contributed by atoms with E-state index in [4.69, 9.17) is 16.2 Å². The molecule has 0 spiro atoms. The van der Waals surface area contributed by atoms with Gasteiger partial charge in [-0.05, 0) is 41.5 Å². The Morgan fingerprint density at radius 3 is 2.22 bits per heavy atom. The molecule has 1 heterocycles. The van der Waals surface area contributed by atoms with Crippen molar-refractivity contribution in [2.45, 2.75) is 18.9 Å². The Morgan fingerprint density at radius 2 is 1.64 bits per heavy atom. The summed E-state index contributed by atoms with van der Waals surface area (Å²) in [7, 11) is 0.